The van der Waals surface area contributed by atoms with Gasteiger partial charge in [0.15, 0.2) is 0 Å². The van der Waals surface area contributed by atoms with Crippen molar-refractivity contribution >= 4 is 11.7 Å². The van der Waals surface area contributed by atoms with E-state index in [1.54, 1.807) is 0 Å². The monoisotopic (exact) mass is 156 g/mol. The summed E-state index contributed by atoms with van der Waals surface area (Å²) >= 11 is 0. The van der Waals surface area contributed by atoms with Crippen LogP contribution in [0.5, 0.6) is 0 Å². The van der Waals surface area contributed by atoms with E-state index in [2.05, 4.69) is 15.8 Å². The summed E-state index contributed by atoms with van der Waals surface area (Å²) in [6.45, 7) is 1.86. The first-order chi connectivity index (χ1) is 5.29. The molecule has 1 rings (SSSR count). The van der Waals surface area contributed by atoms with Gasteiger partial charge in [-0.05, 0) is 0 Å². The van der Waals surface area contributed by atoms with Gasteiger partial charge in [-0.25, -0.2) is 10.2 Å². The summed E-state index contributed by atoms with van der Waals surface area (Å²) in [4.78, 5) is 10.2. The normalized spacial score (nSPS) is 17.6. The number of primary amides is 1. The number of piperidine rings is 1. The van der Waals surface area contributed by atoms with Crippen LogP contribution in [0.1, 0.15) is 12.8 Å². The number of urea groups is 1. The molecule has 0 spiro atoms. The maximum Gasteiger partial charge on any atom is 0.332 e. The number of carbonyl (C=O) groups is 1. The summed E-state index contributed by atoms with van der Waals surface area (Å²) in [5, 5.41) is 7.01. The topological polar surface area (TPSA) is 79.5 Å². The Labute approximate surface area is 65.0 Å². The summed E-state index contributed by atoms with van der Waals surface area (Å²) in [5.41, 5.74) is 8.05. The molecule has 1 fully saturated rings. The van der Waals surface area contributed by atoms with E-state index in [-0.39, 0.29) is 0 Å². The van der Waals surface area contributed by atoms with E-state index < -0.39 is 6.03 Å². The second kappa shape index (κ2) is 3.92. The molecule has 0 saturated carbocycles. The predicted molar refractivity (Wildman–Crippen MR) is 42.3 cm³/mol. The summed E-state index contributed by atoms with van der Waals surface area (Å²) < 4.78 is 0. The van der Waals surface area contributed by atoms with E-state index >= 15 is 0 Å². The fraction of sp³-hybridized carbons (Fsp3) is 0.667. The maximum atomic E-state index is 10.2. The Morgan fingerprint density at radius 1 is 1.55 bits per heavy atom. The Morgan fingerprint density at radius 2 is 2.18 bits per heavy atom. The van der Waals surface area contributed by atoms with Gasteiger partial charge in [-0.2, -0.15) is 5.10 Å². The van der Waals surface area contributed by atoms with Gasteiger partial charge in [0.05, 0.1) is 0 Å². The molecule has 62 valence electrons. The number of hydrazone groups is 1. The maximum absolute atomic E-state index is 10.2. The van der Waals surface area contributed by atoms with Gasteiger partial charge in [0.1, 0.15) is 0 Å². The SMILES string of the molecule is NC(=O)NN=C1CCNCC1. The second-order valence-corrected chi connectivity index (χ2v) is 2.40. The van der Waals surface area contributed by atoms with Crippen LogP contribution in [0.3, 0.4) is 0 Å². The van der Waals surface area contributed by atoms with Gasteiger partial charge >= 0.3 is 6.03 Å². The van der Waals surface area contributed by atoms with Gasteiger partial charge in [-0.1, -0.05) is 0 Å². The molecule has 0 atom stereocenters. The minimum atomic E-state index is -0.601. The minimum Gasteiger partial charge on any atom is -0.350 e. The van der Waals surface area contributed by atoms with E-state index in [1.165, 1.54) is 0 Å². The molecule has 11 heavy (non-hydrogen) atoms. The van der Waals surface area contributed by atoms with E-state index in [9.17, 15) is 4.79 Å². The molecule has 0 aromatic carbocycles. The lowest BCUT2D eigenvalue weighted by molar-refractivity contribution is 0.249. The lowest BCUT2D eigenvalue weighted by Crippen LogP contribution is -2.31. The molecular weight excluding hydrogens is 144 g/mol. The Kier molecular flexibility index (Phi) is 2.85. The molecule has 0 aromatic heterocycles. The van der Waals surface area contributed by atoms with E-state index in [0.717, 1.165) is 31.6 Å². The Hall–Kier alpha value is -1.10. The van der Waals surface area contributed by atoms with E-state index in [1.807, 2.05) is 0 Å². The number of nitrogens with two attached hydrogens (primary N) is 1. The van der Waals surface area contributed by atoms with Crippen molar-refractivity contribution in [1.29, 1.82) is 0 Å². The van der Waals surface area contributed by atoms with Gasteiger partial charge in [0, 0.05) is 31.6 Å². The smallest absolute Gasteiger partial charge is 0.332 e. The van der Waals surface area contributed by atoms with E-state index in [0.29, 0.717) is 0 Å². The zero-order valence-corrected chi connectivity index (χ0v) is 6.26. The van der Waals surface area contributed by atoms with Crippen LogP contribution < -0.4 is 16.5 Å². The highest BCUT2D eigenvalue weighted by Gasteiger charge is 2.05. The van der Waals surface area contributed by atoms with Gasteiger partial charge < -0.3 is 11.1 Å². The average molecular weight is 156 g/mol. The van der Waals surface area contributed by atoms with Crippen LogP contribution >= 0.6 is 0 Å². The summed E-state index contributed by atoms with van der Waals surface area (Å²) in [6.07, 6.45) is 1.78. The van der Waals surface area contributed by atoms with Gasteiger partial charge in [0.25, 0.3) is 0 Å². The third-order valence-electron chi connectivity index (χ3n) is 1.50. The van der Waals surface area contributed by atoms with Crippen molar-refractivity contribution in [3.63, 3.8) is 0 Å². The summed E-state index contributed by atoms with van der Waals surface area (Å²) in [7, 11) is 0. The van der Waals surface area contributed by atoms with Crippen LogP contribution in [0.4, 0.5) is 4.79 Å². The molecule has 0 unspecified atom stereocenters. The zero-order valence-electron chi connectivity index (χ0n) is 6.26. The van der Waals surface area contributed by atoms with Crippen molar-refractivity contribution in [1.82, 2.24) is 10.7 Å². The molecule has 0 radical (unpaired) electrons. The molecule has 1 heterocycles. The first-order valence-electron chi connectivity index (χ1n) is 3.60. The lowest BCUT2D eigenvalue weighted by Gasteiger charge is -2.13. The highest BCUT2D eigenvalue weighted by atomic mass is 16.2. The van der Waals surface area contributed by atoms with Crippen molar-refractivity contribution < 1.29 is 4.79 Å². The first-order valence-corrected chi connectivity index (χ1v) is 3.60. The van der Waals surface area contributed by atoms with Crippen LogP contribution in [0, 0.1) is 0 Å². The Balaban J connectivity index is 2.32. The number of hydrogen-bond acceptors (Lipinski definition) is 3. The van der Waals surface area contributed by atoms with Gasteiger partial charge in [-0.15, -0.1) is 0 Å². The first kappa shape index (κ1) is 8.00. The molecule has 0 bridgehead atoms. The molecule has 4 N–H and O–H groups in total. The molecular formula is C6H12N4O. The van der Waals surface area contributed by atoms with Crippen molar-refractivity contribution in [3.8, 4) is 0 Å². The second-order valence-electron chi connectivity index (χ2n) is 2.40. The third-order valence-corrected chi connectivity index (χ3v) is 1.50. The number of nitrogens with zero attached hydrogens (tertiary/aromatic N) is 1. The highest BCUT2D eigenvalue weighted by molar-refractivity contribution is 5.86. The Morgan fingerprint density at radius 3 is 2.73 bits per heavy atom. The molecule has 5 nitrogen and oxygen atoms in total. The molecule has 5 heteroatoms. The molecule has 0 aromatic rings. The molecule has 1 saturated heterocycles. The van der Waals surface area contributed by atoms with Crippen LogP contribution in [-0.4, -0.2) is 24.8 Å². The summed E-state index contributed by atoms with van der Waals surface area (Å²) in [6, 6.07) is -0.601. The quantitative estimate of drug-likeness (QED) is 0.443. The molecule has 1 aliphatic heterocycles. The Bertz CT molecular complexity index is 169. The number of rotatable bonds is 1. The summed E-state index contributed by atoms with van der Waals surface area (Å²) in [5.74, 6) is 0. The molecule has 2 amide bonds. The van der Waals surface area contributed by atoms with Crippen molar-refractivity contribution in [2.75, 3.05) is 13.1 Å². The van der Waals surface area contributed by atoms with Crippen LogP contribution in [0.25, 0.3) is 0 Å². The van der Waals surface area contributed by atoms with Crippen molar-refractivity contribution in [3.05, 3.63) is 0 Å². The van der Waals surface area contributed by atoms with Crippen LogP contribution in [-0.2, 0) is 0 Å². The van der Waals surface area contributed by atoms with Gasteiger partial charge in [0.2, 0.25) is 0 Å². The van der Waals surface area contributed by atoms with Gasteiger partial charge in [-0.3, -0.25) is 0 Å². The minimum absolute atomic E-state index is 0.601. The fourth-order valence-electron chi connectivity index (χ4n) is 0.961. The number of nitrogens with one attached hydrogen (secondary N) is 2. The molecule has 1 aliphatic rings. The van der Waals surface area contributed by atoms with Crippen molar-refractivity contribution in [2.24, 2.45) is 10.8 Å². The largest absolute Gasteiger partial charge is 0.350 e. The average Bonchev–Trinajstić information content (AvgIpc) is 2.03. The predicted octanol–water partition coefficient (Wildman–Crippen LogP) is -0.606. The van der Waals surface area contributed by atoms with E-state index in [4.69, 9.17) is 5.73 Å². The van der Waals surface area contributed by atoms with Crippen LogP contribution in [0.2, 0.25) is 0 Å². The zero-order chi connectivity index (χ0) is 8.10. The number of amides is 2. The molecule has 0 aliphatic carbocycles. The van der Waals surface area contributed by atoms with Crippen LogP contribution in [0.15, 0.2) is 5.10 Å². The standard InChI is InChI=1S/C6H12N4O/c7-6(11)10-9-5-1-3-8-4-2-5/h8H,1-4H2,(H3,7,10,11). The lowest BCUT2D eigenvalue weighted by atomic mass is 10.1. The van der Waals surface area contributed by atoms with Crippen molar-refractivity contribution in [2.45, 2.75) is 12.8 Å². The third kappa shape index (κ3) is 2.99. The number of hydrogen-bond donors (Lipinski definition) is 3. The fourth-order valence-corrected chi connectivity index (χ4v) is 0.961. The highest BCUT2D eigenvalue weighted by Crippen LogP contribution is 1.95. The number of carbonyl (C=O) groups excluding carboxylic acids is 1.